The zero-order valence-electron chi connectivity index (χ0n) is 16.6. The number of allylic oxidation sites excluding steroid dienone is 5. The minimum Gasteiger partial charge on any atom is -0.382 e. The molecule has 1 aromatic carbocycles. The molecule has 1 aromatic rings. The van der Waals surface area contributed by atoms with Gasteiger partial charge in [-0.05, 0) is 67.2 Å². The van der Waals surface area contributed by atoms with Crippen LogP contribution in [0.4, 0.5) is 0 Å². The number of rotatable bonds is 8. The molecule has 0 fully saturated rings. The minimum atomic E-state index is 0.336. The van der Waals surface area contributed by atoms with E-state index in [-0.39, 0.29) is 0 Å². The minimum absolute atomic E-state index is 0.336. The van der Waals surface area contributed by atoms with Crippen LogP contribution in [0.25, 0.3) is 5.57 Å². The normalized spacial score (nSPS) is 19.3. The number of hydrogen-bond donors (Lipinski definition) is 1. The Morgan fingerprint density at radius 3 is 2.73 bits per heavy atom. The molecule has 26 heavy (non-hydrogen) atoms. The van der Waals surface area contributed by atoms with Gasteiger partial charge in [-0.15, -0.1) is 0 Å². The third kappa shape index (κ3) is 4.03. The fourth-order valence-electron chi connectivity index (χ4n) is 4.35. The molecule has 0 saturated heterocycles. The monoisotopic (exact) mass is 347 g/mol. The van der Waals surface area contributed by atoms with Crippen LogP contribution in [-0.4, -0.2) is 6.04 Å². The first-order chi connectivity index (χ1) is 12.5. The molecular formula is C25H33N. The number of nitrogens with one attached hydrogen (secondary N) is 1. The van der Waals surface area contributed by atoms with E-state index in [0.29, 0.717) is 17.9 Å². The summed E-state index contributed by atoms with van der Waals surface area (Å²) in [5, 5.41) is 3.64. The molecule has 0 radical (unpaired) electrons. The zero-order valence-corrected chi connectivity index (χ0v) is 16.6. The fraction of sp³-hybridized carbons (Fsp3) is 0.440. The molecule has 0 aromatic heterocycles. The molecule has 0 heterocycles. The maximum atomic E-state index is 4.32. The smallest absolute Gasteiger partial charge is 0.0467 e. The van der Waals surface area contributed by atoms with Gasteiger partial charge in [-0.25, -0.2) is 0 Å². The van der Waals surface area contributed by atoms with Crippen molar-refractivity contribution >= 4 is 5.57 Å². The van der Waals surface area contributed by atoms with Gasteiger partial charge in [0.2, 0.25) is 0 Å². The number of fused-ring (bicyclic) bond motifs is 2. The molecular weight excluding hydrogens is 314 g/mol. The fourth-order valence-corrected chi connectivity index (χ4v) is 4.35. The van der Waals surface area contributed by atoms with Crippen molar-refractivity contribution in [1.29, 1.82) is 0 Å². The summed E-state index contributed by atoms with van der Waals surface area (Å²) in [4.78, 5) is 0. The third-order valence-corrected chi connectivity index (χ3v) is 5.66. The lowest BCUT2D eigenvalue weighted by Gasteiger charge is -2.24. The van der Waals surface area contributed by atoms with Crippen molar-refractivity contribution in [2.45, 2.75) is 64.8 Å². The van der Waals surface area contributed by atoms with Crippen LogP contribution in [0, 0.1) is 5.92 Å². The molecule has 1 heteroatoms. The van der Waals surface area contributed by atoms with Gasteiger partial charge in [-0.3, -0.25) is 0 Å². The molecule has 3 rings (SSSR count). The summed E-state index contributed by atoms with van der Waals surface area (Å²) in [6, 6.07) is 9.31. The molecule has 0 spiro atoms. The van der Waals surface area contributed by atoms with E-state index in [0.717, 1.165) is 25.0 Å². The summed E-state index contributed by atoms with van der Waals surface area (Å²) in [6.07, 6.45) is 10.3. The van der Waals surface area contributed by atoms with Crippen molar-refractivity contribution in [3.05, 3.63) is 77.5 Å². The first-order valence-corrected chi connectivity index (χ1v) is 10.1. The predicted octanol–water partition coefficient (Wildman–Crippen LogP) is 6.76. The molecule has 2 atom stereocenters. The predicted molar refractivity (Wildman–Crippen MR) is 114 cm³/mol. The van der Waals surface area contributed by atoms with Gasteiger partial charge in [0.25, 0.3) is 0 Å². The second-order valence-electron chi connectivity index (χ2n) is 8.33. The van der Waals surface area contributed by atoms with Gasteiger partial charge in [0.05, 0.1) is 0 Å². The Hall–Kier alpha value is -2.02. The molecule has 1 N–H and O–H groups in total. The van der Waals surface area contributed by atoms with Crippen molar-refractivity contribution in [2.75, 3.05) is 0 Å². The van der Waals surface area contributed by atoms with Crippen molar-refractivity contribution < 1.29 is 0 Å². The Labute approximate surface area is 159 Å². The lowest BCUT2D eigenvalue weighted by molar-refractivity contribution is 0.479. The second kappa shape index (κ2) is 8.12. The van der Waals surface area contributed by atoms with Gasteiger partial charge in [-0.2, -0.15) is 0 Å². The molecule has 2 aliphatic carbocycles. The molecule has 0 amide bonds. The summed E-state index contributed by atoms with van der Waals surface area (Å²) in [5.41, 5.74) is 8.46. The van der Waals surface area contributed by atoms with Crippen LogP contribution in [0.15, 0.2) is 66.4 Å². The standard InChI is InChI=1S/C25H33N/c1-17(2)16-25(18(3)4)26-19(5)14-15-24-22-12-8-6-10-20(22)21-11-7-9-13-23(21)24/h6,8-10,12-13,17,24-26H,3,5,7,11,14-16H2,1-2,4H3/t24?,25-/m0/s1. The number of benzene rings is 1. The van der Waals surface area contributed by atoms with Crippen molar-refractivity contribution in [3.8, 4) is 0 Å². The molecule has 138 valence electrons. The van der Waals surface area contributed by atoms with Gasteiger partial charge in [0, 0.05) is 17.7 Å². The van der Waals surface area contributed by atoms with Crippen LogP contribution in [0.1, 0.15) is 69.9 Å². The Balaban J connectivity index is 1.67. The van der Waals surface area contributed by atoms with Crippen LogP contribution in [0.5, 0.6) is 0 Å². The van der Waals surface area contributed by atoms with Gasteiger partial charge in [-0.1, -0.05) is 69.0 Å². The molecule has 0 saturated carbocycles. The molecule has 2 aliphatic rings. The molecule has 0 aliphatic heterocycles. The van der Waals surface area contributed by atoms with Crippen molar-refractivity contribution in [2.24, 2.45) is 5.92 Å². The van der Waals surface area contributed by atoms with Crippen LogP contribution in [-0.2, 0) is 0 Å². The summed E-state index contributed by atoms with van der Waals surface area (Å²) in [5.74, 6) is 1.17. The van der Waals surface area contributed by atoms with Gasteiger partial charge >= 0.3 is 0 Å². The highest BCUT2D eigenvalue weighted by Gasteiger charge is 2.30. The second-order valence-corrected chi connectivity index (χ2v) is 8.33. The van der Waals surface area contributed by atoms with Gasteiger partial charge < -0.3 is 5.32 Å². The Bertz CT molecular complexity index is 747. The van der Waals surface area contributed by atoms with Crippen LogP contribution < -0.4 is 5.32 Å². The first-order valence-electron chi connectivity index (χ1n) is 10.1. The lowest BCUT2D eigenvalue weighted by Crippen LogP contribution is -2.30. The van der Waals surface area contributed by atoms with Crippen molar-refractivity contribution in [1.82, 2.24) is 5.32 Å². The average Bonchev–Trinajstić information content (AvgIpc) is 2.93. The van der Waals surface area contributed by atoms with Crippen LogP contribution in [0.3, 0.4) is 0 Å². The SMILES string of the molecule is C=C(CCC1C2=C(CCC=C2)c2ccccc21)N[C@@H](CC(C)C)C(=C)C. The van der Waals surface area contributed by atoms with E-state index < -0.39 is 0 Å². The van der Waals surface area contributed by atoms with Gasteiger partial charge in [0.15, 0.2) is 0 Å². The van der Waals surface area contributed by atoms with E-state index >= 15 is 0 Å². The largest absolute Gasteiger partial charge is 0.382 e. The summed E-state index contributed by atoms with van der Waals surface area (Å²) in [6.45, 7) is 15.1. The highest BCUT2D eigenvalue weighted by atomic mass is 14.9. The van der Waals surface area contributed by atoms with E-state index in [1.807, 2.05) is 0 Å². The van der Waals surface area contributed by atoms with Crippen molar-refractivity contribution in [3.63, 3.8) is 0 Å². The molecule has 1 unspecified atom stereocenters. The van der Waals surface area contributed by atoms with E-state index in [9.17, 15) is 0 Å². The maximum absolute atomic E-state index is 4.32. The number of hydrogen-bond acceptors (Lipinski definition) is 1. The van der Waals surface area contributed by atoms with E-state index in [1.165, 1.54) is 29.5 Å². The Kier molecular flexibility index (Phi) is 5.86. The van der Waals surface area contributed by atoms with Crippen LogP contribution in [0.2, 0.25) is 0 Å². The first kappa shape index (κ1) is 18.8. The van der Waals surface area contributed by atoms with E-state index in [1.54, 1.807) is 11.1 Å². The Morgan fingerprint density at radius 1 is 1.23 bits per heavy atom. The topological polar surface area (TPSA) is 12.0 Å². The molecule has 1 nitrogen and oxygen atoms in total. The average molecular weight is 348 g/mol. The van der Waals surface area contributed by atoms with E-state index in [2.05, 4.69) is 75.7 Å². The Morgan fingerprint density at radius 2 is 2.00 bits per heavy atom. The highest BCUT2D eigenvalue weighted by Crippen LogP contribution is 2.48. The summed E-state index contributed by atoms with van der Waals surface area (Å²) in [7, 11) is 0. The highest BCUT2D eigenvalue weighted by molar-refractivity contribution is 5.81. The molecule has 0 bridgehead atoms. The van der Waals surface area contributed by atoms with Crippen LogP contribution >= 0.6 is 0 Å². The zero-order chi connectivity index (χ0) is 18.7. The summed E-state index contributed by atoms with van der Waals surface area (Å²) >= 11 is 0. The lowest BCUT2D eigenvalue weighted by atomic mass is 9.88. The maximum Gasteiger partial charge on any atom is 0.0467 e. The summed E-state index contributed by atoms with van der Waals surface area (Å²) < 4.78 is 0. The van der Waals surface area contributed by atoms with Gasteiger partial charge in [0.1, 0.15) is 0 Å². The van der Waals surface area contributed by atoms with E-state index in [4.69, 9.17) is 0 Å². The third-order valence-electron chi connectivity index (χ3n) is 5.66. The quantitative estimate of drug-likeness (QED) is 0.512.